The van der Waals surface area contributed by atoms with Crippen LogP contribution in [0.25, 0.3) is 0 Å². The quantitative estimate of drug-likeness (QED) is 0.899. The van der Waals surface area contributed by atoms with Crippen LogP contribution in [0.5, 0.6) is 0 Å². The Balaban J connectivity index is 1.51. The Bertz CT molecular complexity index is 749. The first-order valence-electron chi connectivity index (χ1n) is 9.27. The molecule has 138 valence electrons. The minimum atomic E-state index is 0.0270. The number of likely N-dealkylation sites (N-methyl/N-ethyl adjacent to an activating group) is 1. The third-order valence-corrected chi connectivity index (χ3v) is 4.98. The van der Waals surface area contributed by atoms with Crippen LogP contribution >= 0.6 is 0 Å². The molecule has 1 fully saturated rings. The first-order chi connectivity index (χ1) is 12.5. The summed E-state index contributed by atoms with van der Waals surface area (Å²) in [5, 5.41) is 2.95. The second kappa shape index (κ2) is 8.32. The normalized spacial score (nSPS) is 15.1. The van der Waals surface area contributed by atoms with Crippen molar-refractivity contribution in [3.63, 3.8) is 0 Å². The fourth-order valence-electron chi connectivity index (χ4n) is 3.28. The number of hydrogen-bond donors (Lipinski definition) is 1. The number of carbonyl (C=O) groups excluding carboxylic acids is 1. The molecule has 2 aromatic rings. The van der Waals surface area contributed by atoms with E-state index in [-0.39, 0.29) is 5.91 Å². The third-order valence-electron chi connectivity index (χ3n) is 4.98. The summed E-state index contributed by atoms with van der Waals surface area (Å²) in [6, 6.07) is 10.3. The average Bonchev–Trinajstić information content (AvgIpc) is 2.62. The number of benzene rings is 1. The standard InChI is InChI=1S/C21H28N4O/c1-16-4-5-18(17(2)14-16)6-9-21(26)23-19-7-8-20(22-15-19)25-12-10-24(3)11-13-25/h4-5,7-8,14-15H,6,9-13H2,1-3H3,(H,23,26). The van der Waals surface area contributed by atoms with Crippen LogP contribution in [0.2, 0.25) is 0 Å². The molecule has 1 aliphatic rings. The van der Waals surface area contributed by atoms with Crippen LogP contribution in [0.15, 0.2) is 36.5 Å². The molecule has 2 heterocycles. The van der Waals surface area contributed by atoms with E-state index in [2.05, 4.69) is 59.2 Å². The molecule has 1 aromatic heterocycles. The molecule has 1 amide bonds. The van der Waals surface area contributed by atoms with Gasteiger partial charge in [-0.2, -0.15) is 0 Å². The lowest BCUT2D eigenvalue weighted by molar-refractivity contribution is -0.116. The summed E-state index contributed by atoms with van der Waals surface area (Å²) in [5.41, 5.74) is 4.49. The van der Waals surface area contributed by atoms with Crippen molar-refractivity contribution >= 4 is 17.4 Å². The molecule has 0 saturated carbocycles. The Kier molecular flexibility index (Phi) is 5.89. The predicted octanol–water partition coefficient (Wildman–Crippen LogP) is 3.02. The van der Waals surface area contributed by atoms with Gasteiger partial charge in [0.1, 0.15) is 5.82 Å². The van der Waals surface area contributed by atoms with Gasteiger partial charge in [0.25, 0.3) is 0 Å². The van der Waals surface area contributed by atoms with Gasteiger partial charge >= 0.3 is 0 Å². The minimum absolute atomic E-state index is 0.0270. The zero-order valence-corrected chi connectivity index (χ0v) is 16.0. The molecule has 0 unspecified atom stereocenters. The summed E-state index contributed by atoms with van der Waals surface area (Å²) in [4.78, 5) is 21.4. The maximum atomic E-state index is 12.2. The molecule has 5 nitrogen and oxygen atoms in total. The van der Waals surface area contributed by atoms with Crippen molar-refractivity contribution in [1.82, 2.24) is 9.88 Å². The number of rotatable bonds is 5. The van der Waals surface area contributed by atoms with Gasteiger partial charge < -0.3 is 15.1 Å². The van der Waals surface area contributed by atoms with Crippen molar-refractivity contribution < 1.29 is 4.79 Å². The summed E-state index contributed by atoms with van der Waals surface area (Å²) in [7, 11) is 2.14. The monoisotopic (exact) mass is 352 g/mol. The Morgan fingerprint density at radius 3 is 2.54 bits per heavy atom. The smallest absolute Gasteiger partial charge is 0.224 e. The van der Waals surface area contributed by atoms with E-state index < -0.39 is 0 Å². The van der Waals surface area contributed by atoms with Crippen LogP contribution in [0.4, 0.5) is 11.5 Å². The zero-order chi connectivity index (χ0) is 18.5. The highest BCUT2D eigenvalue weighted by Gasteiger charge is 2.15. The SMILES string of the molecule is Cc1ccc(CCC(=O)Nc2ccc(N3CCN(C)CC3)nc2)c(C)c1. The Hall–Kier alpha value is -2.40. The number of anilines is 2. The van der Waals surface area contributed by atoms with Gasteiger partial charge in [-0.15, -0.1) is 0 Å². The minimum Gasteiger partial charge on any atom is -0.354 e. The van der Waals surface area contributed by atoms with E-state index in [1.54, 1.807) is 6.20 Å². The van der Waals surface area contributed by atoms with Crippen LogP contribution < -0.4 is 10.2 Å². The van der Waals surface area contributed by atoms with Gasteiger partial charge in [0, 0.05) is 32.6 Å². The highest BCUT2D eigenvalue weighted by molar-refractivity contribution is 5.90. The molecule has 3 rings (SSSR count). The lowest BCUT2D eigenvalue weighted by Crippen LogP contribution is -2.44. The number of aromatic nitrogens is 1. The van der Waals surface area contributed by atoms with Crippen LogP contribution in [0.3, 0.4) is 0 Å². The zero-order valence-electron chi connectivity index (χ0n) is 16.0. The number of pyridine rings is 1. The first-order valence-corrected chi connectivity index (χ1v) is 9.27. The summed E-state index contributed by atoms with van der Waals surface area (Å²) in [6.45, 7) is 8.27. The molecule has 0 aliphatic carbocycles. The number of carbonyl (C=O) groups is 1. The molecule has 26 heavy (non-hydrogen) atoms. The topological polar surface area (TPSA) is 48.5 Å². The maximum Gasteiger partial charge on any atom is 0.224 e. The molecule has 0 radical (unpaired) electrons. The number of piperazine rings is 1. The van der Waals surface area contributed by atoms with Gasteiger partial charge in [-0.05, 0) is 50.6 Å². The summed E-state index contributed by atoms with van der Waals surface area (Å²) < 4.78 is 0. The highest BCUT2D eigenvalue weighted by Crippen LogP contribution is 2.17. The van der Waals surface area contributed by atoms with Gasteiger partial charge in [0.05, 0.1) is 11.9 Å². The summed E-state index contributed by atoms with van der Waals surface area (Å²) >= 11 is 0. The van der Waals surface area contributed by atoms with E-state index in [0.717, 1.165) is 44.1 Å². The van der Waals surface area contributed by atoms with Gasteiger partial charge in [0.2, 0.25) is 5.91 Å². The van der Waals surface area contributed by atoms with E-state index in [9.17, 15) is 4.79 Å². The van der Waals surface area contributed by atoms with E-state index >= 15 is 0 Å². The molecule has 1 saturated heterocycles. The molecule has 0 atom stereocenters. The van der Waals surface area contributed by atoms with Crippen molar-refractivity contribution in [1.29, 1.82) is 0 Å². The van der Waals surface area contributed by atoms with Gasteiger partial charge in [-0.25, -0.2) is 4.98 Å². The van der Waals surface area contributed by atoms with E-state index in [0.29, 0.717) is 6.42 Å². The van der Waals surface area contributed by atoms with E-state index in [4.69, 9.17) is 0 Å². The third kappa shape index (κ3) is 4.82. The molecule has 1 aromatic carbocycles. The number of nitrogens with zero attached hydrogens (tertiary/aromatic N) is 3. The van der Waals surface area contributed by atoms with Crippen molar-refractivity contribution in [2.75, 3.05) is 43.4 Å². The fourth-order valence-corrected chi connectivity index (χ4v) is 3.28. The Labute approximate surface area is 156 Å². The Morgan fingerprint density at radius 1 is 1.12 bits per heavy atom. The van der Waals surface area contributed by atoms with Gasteiger partial charge in [0.15, 0.2) is 0 Å². The van der Waals surface area contributed by atoms with Crippen molar-refractivity contribution in [2.24, 2.45) is 0 Å². The second-order valence-electron chi connectivity index (χ2n) is 7.17. The number of hydrogen-bond acceptors (Lipinski definition) is 4. The predicted molar refractivity (Wildman–Crippen MR) is 107 cm³/mol. The van der Waals surface area contributed by atoms with Crippen molar-refractivity contribution in [2.45, 2.75) is 26.7 Å². The number of nitrogens with one attached hydrogen (secondary N) is 1. The van der Waals surface area contributed by atoms with Gasteiger partial charge in [-0.3, -0.25) is 4.79 Å². The largest absolute Gasteiger partial charge is 0.354 e. The van der Waals surface area contributed by atoms with Crippen LogP contribution in [0, 0.1) is 13.8 Å². The molecule has 0 spiro atoms. The Morgan fingerprint density at radius 2 is 1.88 bits per heavy atom. The lowest BCUT2D eigenvalue weighted by atomic mass is 10.0. The number of amides is 1. The molecule has 1 N–H and O–H groups in total. The highest BCUT2D eigenvalue weighted by atomic mass is 16.1. The molecular weight excluding hydrogens is 324 g/mol. The molecule has 0 bridgehead atoms. The van der Waals surface area contributed by atoms with Crippen LogP contribution in [0.1, 0.15) is 23.1 Å². The van der Waals surface area contributed by atoms with E-state index in [1.165, 1.54) is 16.7 Å². The van der Waals surface area contributed by atoms with Crippen molar-refractivity contribution in [3.8, 4) is 0 Å². The molecular formula is C21H28N4O. The number of aryl methyl sites for hydroxylation is 3. The average molecular weight is 352 g/mol. The lowest BCUT2D eigenvalue weighted by Gasteiger charge is -2.33. The van der Waals surface area contributed by atoms with Crippen LogP contribution in [-0.2, 0) is 11.2 Å². The van der Waals surface area contributed by atoms with E-state index in [1.807, 2.05) is 12.1 Å². The molecule has 5 heteroatoms. The molecule has 1 aliphatic heterocycles. The second-order valence-corrected chi connectivity index (χ2v) is 7.17. The van der Waals surface area contributed by atoms with Crippen LogP contribution in [-0.4, -0.2) is 49.0 Å². The maximum absolute atomic E-state index is 12.2. The first kappa shape index (κ1) is 18.4. The fraction of sp³-hybridized carbons (Fsp3) is 0.429. The van der Waals surface area contributed by atoms with Gasteiger partial charge in [-0.1, -0.05) is 23.8 Å². The summed E-state index contributed by atoms with van der Waals surface area (Å²) in [6.07, 6.45) is 2.98. The summed E-state index contributed by atoms with van der Waals surface area (Å²) in [5.74, 6) is 1.01. The van der Waals surface area contributed by atoms with Crippen molar-refractivity contribution in [3.05, 3.63) is 53.2 Å².